The second-order valence-electron chi connectivity index (χ2n) is 7.21. The van der Waals surface area contributed by atoms with E-state index in [1.165, 1.54) is 36.6 Å². The van der Waals surface area contributed by atoms with Crippen LogP contribution >= 0.6 is 11.8 Å². The fourth-order valence-corrected chi connectivity index (χ4v) is 4.10. The van der Waals surface area contributed by atoms with E-state index in [0.717, 1.165) is 34.8 Å². The third-order valence-electron chi connectivity index (χ3n) is 4.83. The van der Waals surface area contributed by atoms with E-state index in [9.17, 15) is 4.79 Å². The first kappa shape index (κ1) is 20.5. The van der Waals surface area contributed by atoms with Crippen LogP contribution in [0.2, 0.25) is 0 Å². The van der Waals surface area contributed by atoms with E-state index in [2.05, 4.69) is 28.9 Å². The summed E-state index contributed by atoms with van der Waals surface area (Å²) in [4.78, 5) is 17.5. The molecule has 0 bridgehead atoms. The number of nitrogens with zero attached hydrogens (tertiary/aromatic N) is 2. The predicted octanol–water partition coefficient (Wildman–Crippen LogP) is 6.04. The molecule has 0 unspecified atom stereocenters. The second-order valence-corrected chi connectivity index (χ2v) is 8.52. The summed E-state index contributed by atoms with van der Waals surface area (Å²) in [6.07, 6.45) is 4.83. The molecule has 0 aliphatic heterocycles. The van der Waals surface area contributed by atoms with Crippen molar-refractivity contribution in [3.05, 3.63) is 54.1 Å². The fraction of sp³-hybridized carbons (Fsp3) is 0.391. The van der Waals surface area contributed by atoms with Gasteiger partial charge in [-0.2, -0.15) is 0 Å². The first-order chi connectivity index (χ1) is 13.6. The number of fused-ring (bicyclic) bond motifs is 1. The van der Waals surface area contributed by atoms with Gasteiger partial charge in [-0.1, -0.05) is 67.8 Å². The molecular weight excluding hydrogens is 366 g/mol. The first-order valence-electron chi connectivity index (χ1n) is 10.1. The summed E-state index contributed by atoms with van der Waals surface area (Å²) in [6.45, 7) is 7.14. The molecule has 1 aromatic heterocycles. The van der Waals surface area contributed by atoms with Gasteiger partial charge in [-0.25, -0.2) is 4.98 Å². The highest BCUT2D eigenvalue weighted by molar-refractivity contribution is 8.00. The minimum atomic E-state index is -0.229. The van der Waals surface area contributed by atoms with Crippen molar-refractivity contribution in [2.75, 3.05) is 5.32 Å². The first-order valence-corrected chi connectivity index (χ1v) is 11.0. The number of anilines is 1. The van der Waals surface area contributed by atoms with Crippen molar-refractivity contribution in [3.8, 4) is 0 Å². The van der Waals surface area contributed by atoms with Crippen molar-refractivity contribution in [2.24, 2.45) is 0 Å². The van der Waals surface area contributed by atoms with E-state index in [0.29, 0.717) is 0 Å². The lowest BCUT2D eigenvalue weighted by molar-refractivity contribution is -0.115. The van der Waals surface area contributed by atoms with Gasteiger partial charge in [0.15, 0.2) is 5.16 Å². The lowest BCUT2D eigenvalue weighted by atomic mass is 10.2. The largest absolute Gasteiger partial charge is 0.325 e. The predicted molar refractivity (Wildman–Crippen MR) is 119 cm³/mol. The van der Waals surface area contributed by atoms with Crippen LogP contribution in [0.4, 0.5) is 5.69 Å². The van der Waals surface area contributed by atoms with Gasteiger partial charge in [0.25, 0.3) is 0 Å². The number of thioether (sulfide) groups is 1. The Kier molecular flexibility index (Phi) is 7.15. The van der Waals surface area contributed by atoms with E-state index in [1.807, 2.05) is 50.2 Å². The zero-order chi connectivity index (χ0) is 19.9. The molecule has 5 heteroatoms. The molecular formula is C23H29N3OS. The van der Waals surface area contributed by atoms with E-state index >= 15 is 0 Å². The zero-order valence-corrected chi connectivity index (χ0v) is 17.8. The maximum atomic E-state index is 12.7. The molecule has 1 N–H and O–H groups in total. The van der Waals surface area contributed by atoms with Crippen LogP contribution in [-0.4, -0.2) is 20.7 Å². The normalized spacial score (nSPS) is 12.2. The Morgan fingerprint density at radius 3 is 2.61 bits per heavy atom. The minimum absolute atomic E-state index is 0.00144. The number of aromatic nitrogens is 2. The molecule has 0 saturated carbocycles. The highest BCUT2D eigenvalue weighted by atomic mass is 32.2. The van der Waals surface area contributed by atoms with Crippen molar-refractivity contribution < 1.29 is 4.79 Å². The molecule has 3 aromatic rings. The molecule has 1 heterocycles. The highest BCUT2D eigenvalue weighted by Crippen LogP contribution is 2.28. The fourth-order valence-electron chi connectivity index (χ4n) is 3.15. The van der Waals surface area contributed by atoms with Crippen molar-refractivity contribution in [1.82, 2.24) is 9.55 Å². The quantitative estimate of drug-likeness (QED) is 0.355. The summed E-state index contributed by atoms with van der Waals surface area (Å²) in [7, 11) is 0. The lowest BCUT2D eigenvalue weighted by Gasteiger charge is -2.14. The lowest BCUT2D eigenvalue weighted by Crippen LogP contribution is -2.23. The SMILES string of the molecule is CCCCCCn1c(S[C@@H](C)C(=O)Nc2ccc(C)cc2)nc2ccccc21. The van der Waals surface area contributed by atoms with Crippen LogP contribution in [0.25, 0.3) is 11.0 Å². The molecule has 2 aromatic carbocycles. The van der Waals surface area contributed by atoms with Crippen LogP contribution in [0.3, 0.4) is 0 Å². The van der Waals surface area contributed by atoms with Gasteiger partial charge >= 0.3 is 0 Å². The molecule has 0 fully saturated rings. The molecule has 4 nitrogen and oxygen atoms in total. The number of benzene rings is 2. The van der Waals surface area contributed by atoms with Gasteiger partial charge in [0, 0.05) is 12.2 Å². The Hall–Kier alpha value is -2.27. The number of imidazole rings is 1. The third-order valence-corrected chi connectivity index (χ3v) is 5.92. The minimum Gasteiger partial charge on any atom is -0.325 e. The molecule has 3 rings (SSSR count). The van der Waals surface area contributed by atoms with Gasteiger partial charge in [-0.15, -0.1) is 0 Å². The van der Waals surface area contributed by atoms with Crippen LogP contribution in [0.15, 0.2) is 53.7 Å². The smallest absolute Gasteiger partial charge is 0.237 e. The second kappa shape index (κ2) is 9.78. The number of aryl methyl sites for hydroxylation is 2. The van der Waals surface area contributed by atoms with Gasteiger partial charge in [0.2, 0.25) is 5.91 Å². The molecule has 0 spiro atoms. The van der Waals surface area contributed by atoms with E-state index in [1.54, 1.807) is 0 Å². The number of rotatable bonds is 9. The number of hydrogen-bond acceptors (Lipinski definition) is 3. The number of carbonyl (C=O) groups excluding carboxylic acids is 1. The number of hydrogen-bond donors (Lipinski definition) is 1. The van der Waals surface area contributed by atoms with Crippen LogP contribution in [0, 0.1) is 6.92 Å². The molecule has 1 amide bonds. The Morgan fingerprint density at radius 1 is 1.11 bits per heavy atom. The summed E-state index contributed by atoms with van der Waals surface area (Å²) in [5, 5.41) is 3.70. The summed E-state index contributed by atoms with van der Waals surface area (Å²) in [5.41, 5.74) is 4.15. The third kappa shape index (κ3) is 5.16. The van der Waals surface area contributed by atoms with Gasteiger partial charge in [0.1, 0.15) is 0 Å². The average molecular weight is 396 g/mol. The summed E-state index contributed by atoms with van der Waals surface area (Å²) >= 11 is 1.53. The summed E-state index contributed by atoms with van der Waals surface area (Å²) in [5.74, 6) is -0.00144. The summed E-state index contributed by atoms with van der Waals surface area (Å²) in [6, 6.07) is 16.1. The number of amides is 1. The monoisotopic (exact) mass is 395 g/mol. The molecule has 0 radical (unpaired) electrons. The maximum Gasteiger partial charge on any atom is 0.237 e. The van der Waals surface area contributed by atoms with E-state index in [4.69, 9.17) is 4.98 Å². The number of para-hydroxylation sites is 2. The van der Waals surface area contributed by atoms with Gasteiger partial charge in [-0.3, -0.25) is 4.79 Å². The van der Waals surface area contributed by atoms with Gasteiger partial charge < -0.3 is 9.88 Å². The standard InChI is InChI=1S/C23H29N3OS/c1-4-5-6-9-16-26-21-11-8-7-10-20(21)25-23(26)28-18(3)22(27)24-19-14-12-17(2)13-15-19/h7-8,10-15,18H,4-6,9,16H2,1-3H3,(H,24,27)/t18-/m0/s1. The molecule has 1 atom stereocenters. The molecule has 148 valence electrons. The molecule has 28 heavy (non-hydrogen) atoms. The van der Waals surface area contributed by atoms with Crippen molar-refractivity contribution >= 4 is 34.4 Å². The van der Waals surface area contributed by atoms with E-state index < -0.39 is 0 Å². The molecule has 0 saturated heterocycles. The van der Waals surface area contributed by atoms with Gasteiger partial charge in [-0.05, 0) is 44.5 Å². The Morgan fingerprint density at radius 2 is 1.86 bits per heavy atom. The van der Waals surface area contributed by atoms with E-state index in [-0.39, 0.29) is 11.2 Å². The van der Waals surface area contributed by atoms with Crippen molar-refractivity contribution in [3.63, 3.8) is 0 Å². The Balaban J connectivity index is 1.72. The number of carbonyl (C=O) groups is 1. The van der Waals surface area contributed by atoms with Crippen molar-refractivity contribution in [2.45, 2.75) is 63.4 Å². The maximum absolute atomic E-state index is 12.7. The summed E-state index contributed by atoms with van der Waals surface area (Å²) < 4.78 is 2.27. The number of nitrogens with one attached hydrogen (secondary N) is 1. The average Bonchev–Trinajstić information content (AvgIpc) is 3.04. The molecule has 0 aliphatic rings. The number of unbranched alkanes of at least 4 members (excludes halogenated alkanes) is 3. The van der Waals surface area contributed by atoms with Crippen LogP contribution in [0.1, 0.15) is 45.1 Å². The topological polar surface area (TPSA) is 46.9 Å². The van der Waals surface area contributed by atoms with Gasteiger partial charge in [0.05, 0.1) is 16.3 Å². The van der Waals surface area contributed by atoms with Crippen LogP contribution < -0.4 is 5.32 Å². The Labute approximate surface area is 171 Å². The van der Waals surface area contributed by atoms with Crippen LogP contribution in [0.5, 0.6) is 0 Å². The molecule has 0 aliphatic carbocycles. The van der Waals surface area contributed by atoms with Crippen molar-refractivity contribution in [1.29, 1.82) is 0 Å². The zero-order valence-electron chi connectivity index (χ0n) is 16.9. The highest BCUT2D eigenvalue weighted by Gasteiger charge is 2.19. The Bertz CT molecular complexity index is 917. The van der Waals surface area contributed by atoms with Crippen LogP contribution in [-0.2, 0) is 11.3 Å².